The Balaban J connectivity index is 5.02. The molecule has 0 unspecified atom stereocenters. The van der Waals surface area contributed by atoms with Crippen molar-refractivity contribution < 1.29 is 32.3 Å². The monoisotopic (exact) mass is 361 g/mol. The van der Waals surface area contributed by atoms with Crippen molar-refractivity contribution in [3.8, 4) is 0 Å². The summed E-state index contributed by atoms with van der Waals surface area (Å²) in [6, 6.07) is 0. The highest BCUT2D eigenvalue weighted by atomic mass is 31.2. The predicted octanol–water partition coefficient (Wildman–Crippen LogP) is 2.73. The van der Waals surface area contributed by atoms with Crippen molar-refractivity contribution in [3.05, 3.63) is 0 Å². The Kier molecular flexibility index (Phi) is 11.8. The van der Waals surface area contributed by atoms with Crippen LogP contribution in [0.3, 0.4) is 0 Å². The van der Waals surface area contributed by atoms with Gasteiger partial charge < -0.3 is 23.2 Å². The van der Waals surface area contributed by atoms with Crippen LogP contribution < -0.4 is 0 Å². The summed E-state index contributed by atoms with van der Waals surface area (Å²) in [5, 5.41) is 9.17. The number of hydrogen-bond donors (Lipinski definition) is 1. The second-order valence-corrected chi connectivity index (χ2v) is 8.34. The van der Waals surface area contributed by atoms with Gasteiger partial charge >= 0.3 is 15.2 Å². The lowest BCUT2D eigenvalue weighted by Gasteiger charge is -2.28. The van der Waals surface area contributed by atoms with Gasteiger partial charge in [-0.05, 0) is 27.7 Å². The molecule has 134 valence electrons. The van der Waals surface area contributed by atoms with Gasteiger partial charge in [0.05, 0.1) is 33.0 Å². The van der Waals surface area contributed by atoms with Crippen molar-refractivity contribution in [1.82, 2.24) is 4.90 Å². The molecular formula is C12H29NO7P2. The molecule has 0 saturated heterocycles. The topological polar surface area (TPSA) is 94.5 Å². The highest BCUT2D eigenvalue weighted by molar-refractivity contribution is 7.54. The maximum Gasteiger partial charge on any atom is 0.344 e. The Morgan fingerprint density at radius 3 is 1.32 bits per heavy atom. The van der Waals surface area contributed by atoms with E-state index >= 15 is 0 Å². The second kappa shape index (κ2) is 11.7. The van der Waals surface area contributed by atoms with E-state index in [1.54, 1.807) is 27.7 Å². The SMILES string of the molecule is CCOP(=O)(CN(CCO)CP(=O)(OCC)OCC)OCC. The van der Waals surface area contributed by atoms with Crippen LogP contribution in [0.25, 0.3) is 0 Å². The van der Waals surface area contributed by atoms with Crippen LogP contribution in [-0.4, -0.2) is 62.2 Å². The van der Waals surface area contributed by atoms with Crippen LogP contribution in [-0.2, 0) is 27.2 Å². The first-order valence-corrected chi connectivity index (χ1v) is 10.9. The summed E-state index contributed by atoms with van der Waals surface area (Å²) in [4.78, 5) is 1.53. The van der Waals surface area contributed by atoms with Gasteiger partial charge in [-0.1, -0.05) is 0 Å². The van der Waals surface area contributed by atoms with Crippen molar-refractivity contribution in [3.63, 3.8) is 0 Å². The normalized spacial score (nSPS) is 13.0. The molecule has 0 aromatic carbocycles. The van der Waals surface area contributed by atoms with Gasteiger partial charge in [0, 0.05) is 6.54 Å². The smallest absolute Gasteiger partial charge is 0.344 e. The Hall–Kier alpha value is 0.220. The van der Waals surface area contributed by atoms with Crippen molar-refractivity contribution in [2.24, 2.45) is 0 Å². The average Bonchev–Trinajstić information content (AvgIpc) is 2.39. The highest BCUT2D eigenvalue weighted by Gasteiger charge is 2.33. The summed E-state index contributed by atoms with van der Waals surface area (Å²) < 4.78 is 46.0. The fourth-order valence-corrected chi connectivity index (χ4v) is 5.51. The maximum absolute atomic E-state index is 12.6. The molecule has 0 atom stereocenters. The molecule has 0 aliphatic rings. The van der Waals surface area contributed by atoms with E-state index < -0.39 is 15.2 Å². The number of aliphatic hydroxyl groups is 1. The van der Waals surface area contributed by atoms with E-state index in [9.17, 15) is 9.13 Å². The number of hydrogen-bond acceptors (Lipinski definition) is 8. The Morgan fingerprint density at radius 2 is 1.09 bits per heavy atom. The maximum atomic E-state index is 12.6. The zero-order valence-electron chi connectivity index (χ0n) is 13.9. The van der Waals surface area contributed by atoms with E-state index in [4.69, 9.17) is 23.2 Å². The molecule has 0 bridgehead atoms. The third-order valence-electron chi connectivity index (χ3n) is 2.47. The largest absolute Gasteiger partial charge is 0.395 e. The van der Waals surface area contributed by atoms with Gasteiger partial charge in [-0.15, -0.1) is 0 Å². The third kappa shape index (κ3) is 8.75. The average molecular weight is 361 g/mol. The first kappa shape index (κ1) is 22.2. The van der Waals surface area contributed by atoms with Gasteiger partial charge in [-0.2, -0.15) is 0 Å². The van der Waals surface area contributed by atoms with Gasteiger partial charge in [-0.3, -0.25) is 14.0 Å². The summed E-state index contributed by atoms with van der Waals surface area (Å²) in [6.07, 6.45) is -0.168. The van der Waals surface area contributed by atoms with E-state index in [1.165, 1.54) is 4.90 Å². The summed E-state index contributed by atoms with van der Waals surface area (Å²) in [6.45, 7) is 7.78. The molecule has 0 aromatic heterocycles. The van der Waals surface area contributed by atoms with E-state index in [0.717, 1.165) is 0 Å². The van der Waals surface area contributed by atoms with Crippen LogP contribution >= 0.6 is 15.2 Å². The van der Waals surface area contributed by atoms with Gasteiger partial charge in [0.2, 0.25) is 0 Å². The summed E-state index contributed by atoms with van der Waals surface area (Å²) in [5.74, 6) is 0. The van der Waals surface area contributed by atoms with Crippen LogP contribution in [0.5, 0.6) is 0 Å². The first-order valence-electron chi connectivity index (χ1n) is 7.48. The molecule has 0 aliphatic heterocycles. The number of rotatable bonds is 14. The van der Waals surface area contributed by atoms with Crippen LogP contribution in [0.15, 0.2) is 0 Å². The lowest BCUT2D eigenvalue weighted by molar-refractivity contribution is 0.169. The fraction of sp³-hybridized carbons (Fsp3) is 1.00. The molecule has 0 radical (unpaired) electrons. The van der Waals surface area contributed by atoms with Crippen LogP contribution in [0.2, 0.25) is 0 Å². The molecule has 0 aliphatic carbocycles. The highest BCUT2D eigenvalue weighted by Crippen LogP contribution is 2.52. The molecular weight excluding hydrogens is 332 g/mol. The van der Waals surface area contributed by atoms with Gasteiger partial charge in [0.15, 0.2) is 0 Å². The molecule has 0 saturated carbocycles. The zero-order valence-corrected chi connectivity index (χ0v) is 15.7. The minimum Gasteiger partial charge on any atom is -0.395 e. The van der Waals surface area contributed by atoms with Crippen molar-refractivity contribution >= 4 is 15.2 Å². The molecule has 0 aromatic rings. The summed E-state index contributed by atoms with van der Waals surface area (Å²) >= 11 is 0. The molecule has 0 fully saturated rings. The molecule has 0 spiro atoms. The quantitative estimate of drug-likeness (QED) is 0.472. The molecule has 8 nitrogen and oxygen atoms in total. The lowest BCUT2D eigenvalue weighted by Crippen LogP contribution is -2.31. The van der Waals surface area contributed by atoms with E-state index in [-0.39, 0.29) is 52.2 Å². The summed E-state index contributed by atoms with van der Waals surface area (Å²) in [5.41, 5.74) is 0. The van der Waals surface area contributed by atoms with E-state index in [2.05, 4.69) is 0 Å². The number of nitrogens with zero attached hydrogens (tertiary/aromatic N) is 1. The molecule has 0 heterocycles. The molecule has 1 N–H and O–H groups in total. The standard InChI is InChI=1S/C12H29NO7P2/c1-5-17-21(15,18-6-2)11-13(9-10-14)12-22(16,19-7-3)20-8-4/h14H,5-12H2,1-4H3. The molecule has 0 amide bonds. The fourth-order valence-electron chi connectivity index (χ4n) is 1.84. The van der Waals surface area contributed by atoms with Gasteiger partial charge in [0.25, 0.3) is 0 Å². The van der Waals surface area contributed by atoms with E-state index in [0.29, 0.717) is 0 Å². The summed E-state index contributed by atoms with van der Waals surface area (Å²) in [7, 11) is -6.69. The second-order valence-electron chi connectivity index (χ2n) is 4.29. The zero-order chi connectivity index (χ0) is 17.1. The van der Waals surface area contributed by atoms with Gasteiger partial charge in [-0.25, -0.2) is 0 Å². The Bertz CT molecular complexity index is 328. The van der Waals surface area contributed by atoms with Crippen LogP contribution in [0.4, 0.5) is 0 Å². The van der Waals surface area contributed by atoms with Crippen LogP contribution in [0, 0.1) is 0 Å². The Morgan fingerprint density at radius 1 is 0.773 bits per heavy atom. The van der Waals surface area contributed by atoms with Crippen molar-refractivity contribution in [1.29, 1.82) is 0 Å². The van der Waals surface area contributed by atoms with Crippen molar-refractivity contribution in [2.75, 3.05) is 52.2 Å². The predicted molar refractivity (Wildman–Crippen MR) is 85.2 cm³/mol. The van der Waals surface area contributed by atoms with Gasteiger partial charge in [0.1, 0.15) is 12.6 Å². The number of aliphatic hydroxyl groups excluding tert-OH is 1. The molecule has 0 rings (SSSR count). The Labute approximate surface area is 133 Å². The van der Waals surface area contributed by atoms with Crippen LogP contribution in [0.1, 0.15) is 27.7 Å². The third-order valence-corrected chi connectivity index (χ3v) is 6.57. The molecule has 22 heavy (non-hydrogen) atoms. The minimum absolute atomic E-state index is 0.0839. The molecule has 10 heteroatoms. The first-order chi connectivity index (χ1) is 10.4. The van der Waals surface area contributed by atoms with Crippen molar-refractivity contribution in [2.45, 2.75) is 27.7 Å². The minimum atomic E-state index is -3.35. The van der Waals surface area contributed by atoms with E-state index in [1.807, 2.05) is 0 Å². The lowest BCUT2D eigenvalue weighted by atomic mass is 10.6.